The van der Waals surface area contributed by atoms with E-state index in [1.807, 2.05) is 79.1 Å². The second-order valence-corrected chi connectivity index (χ2v) is 7.66. The molecule has 166 valence electrons. The fourth-order valence-corrected chi connectivity index (χ4v) is 3.73. The van der Waals surface area contributed by atoms with E-state index in [1.165, 1.54) is 16.8 Å². The molecule has 0 saturated carbocycles. The van der Waals surface area contributed by atoms with Crippen molar-refractivity contribution in [3.63, 3.8) is 0 Å². The Labute approximate surface area is 190 Å². The number of carbonyl (C=O) groups excluding carboxylic acids is 2. The van der Waals surface area contributed by atoms with Gasteiger partial charge in [0.1, 0.15) is 0 Å². The molecule has 33 heavy (non-hydrogen) atoms. The van der Waals surface area contributed by atoms with Crippen LogP contribution >= 0.6 is 0 Å². The van der Waals surface area contributed by atoms with Gasteiger partial charge in [0, 0.05) is 28.7 Å². The van der Waals surface area contributed by atoms with E-state index in [-0.39, 0.29) is 23.6 Å². The molecule has 0 saturated heterocycles. The Bertz CT molecular complexity index is 1360. The van der Waals surface area contributed by atoms with Gasteiger partial charge >= 0.3 is 5.97 Å². The zero-order chi connectivity index (χ0) is 23.4. The van der Waals surface area contributed by atoms with Crippen molar-refractivity contribution in [3.05, 3.63) is 117 Å². The molecule has 0 radical (unpaired) electrons. The van der Waals surface area contributed by atoms with E-state index < -0.39 is 12.6 Å². The molecule has 0 aliphatic heterocycles. The van der Waals surface area contributed by atoms with Gasteiger partial charge in [0.2, 0.25) is 5.78 Å². The third kappa shape index (κ3) is 4.82. The number of benzene rings is 2. The molecule has 2 aromatic heterocycles. The number of hydrogen-bond acceptors (Lipinski definition) is 5. The van der Waals surface area contributed by atoms with Gasteiger partial charge in [-0.1, -0.05) is 48.5 Å². The highest BCUT2D eigenvalue weighted by Gasteiger charge is 2.19. The summed E-state index contributed by atoms with van der Waals surface area (Å²) in [7, 11) is 0. The van der Waals surface area contributed by atoms with Crippen LogP contribution in [0.3, 0.4) is 0 Å². The van der Waals surface area contributed by atoms with Crippen LogP contribution in [0.25, 0.3) is 5.69 Å². The van der Waals surface area contributed by atoms with Crippen LogP contribution in [0.15, 0.2) is 83.7 Å². The van der Waals surface area contributed by atoms with Gasteiger partial charge in [-0.2, -0.15) is 5.10 Å². The highest BCUT2D eigenvalue weighted by molar-refractivity contribution is 6.00. The summed E-state index contributed by atoms with van der Waals surface area (Å²) in [5.74, 6) is -1.07. The molecule has 0 N–H and O–H groups in total. The van der Waals surface area contributed by atoms with Crippen LogP contribution in [-0.2, 0) is 11.3 Å². The number of para-hydroxylation sites is 1. The summed E-state index contributed by atoms with van der Waals surface area (Å²) >= 11 is 0. The minimum atomic E-state index is -0.762. The fraction of sp³-hybridized carbons (Fsp3) is 0.154. The maximum absolute atomic E-state index is 12.8. The minimum absolute atomic E-state index is 0.0342. The second kappa shape index (κ2) is 9.48. The number of carbonyl (C=O) groups is 2. The zero-order valence-corrected chi connectivity index (χ0v) is 18.4. The lowest BCUT2D eigenvalue weighted by molar-refractivity contribution is 0.0466. The van der Waals surface area contributed by atoms with Crippen LogP contribution < -0.4 is 5.56 Å². The smallest absolute Gasteiger partial charge is 0.359 e. The average Bonchev–Trinajstić information content (AvgIpc) is 3.13. The standard InChI is InChI=1S/C26H23N3O4/c1-18-15-22(19(2)29(18)21-11-7-4-8-12-21)24(30)17-33-26(32)23-13-14-25(31)28(27-23)16-20-9-5-3-6-10-20/h3-15H,16-17H2,1-2H3. The topological polar surface area (TPSA) is 83.2 Å². The Morgan fingerprint density at radius 2 is 1.58 bits per heavy atom. The number of aromatic nitrogens is 3. The predicted molar refractivity (Wildman–Crippen MR) is 124 cm³/mol. The molecule has 0 aliphatic carbocycles. The van der Waals surface area contributed by atoms with Crippen molar-refractivity contribution >= 4 is 11.8 Å². The molecular formula is C26H23N3O4. The van der Waals surface area contributed by atoms with E-state index >= 15 is 0 Å². The summed E-state index contributed by atoms with van der Waals surface area (Å²) in [5, 5.41) is 4.11. The van der Waals surface area contributed by atoms with E-state index in [9.17, 15) is 14.4 Å². The van der Waals surface area contributed by atoms with E-state index in [0.29, 0.717) is 5.56 Å². The summed E-state index contributed by atoms with van der Waals surface area (Å²) < 4.78 is 8.40. The Morgan fingerprint density at radius 1 is 0.909 bits per heavy atom. The lowest BCUT2D eigenvalue weighted by Crippen LogP contribution is -2.26. The Balaban J connectivity index is 1.47. The summed E-state index contributed by atoms with van der Waals surface area (Å²) in [6.45, 7) is 3.58. The van der Waals surface area contributed by atoms with E-state index in [0.717, 1.165) is 22.6 Å². The van der Waals surface area contributed by atoms with Gasteiger partial charge in [-0.3, -0.25) is 9.59 Å². The molecule has 0 bridgehead atoms. The van der Waals surface area contributed by atoms with Crippen LogP contribution in [0.1, 0.15) is 37.8 Å². The van der Waals surface area contributed by atoms with Crippen molar-refractivity contribution in [1.29, 1.82) is 0 Å². The van der Waals surface area contributed by atoms with Crippen molar-refractivity contribution in [2.75, 3.05) is 6.61 Å². The average molecular weight is 441 g/mol. The van der Waals surface area contributed by atoms with E-state index in [4.69, 9.17) is 4.74 Å². The number of aryl methyl sites for hydroxylation is 1. The van der Waals surface area contributed by atoms with Crippen molar-refractivity contribution in [2.24, 2.45) is 0 Å². The number of ketones is 1. The van der Waals surface area contributed by atoms with Gasteiger partial charge < -0.3 is 9.30 Å². The first-order valence-corrected chi connectivity index (χ1v) is 10.5. The molecule has 0 unspecified atom stereocenters. The summed E-state index contributed by atoms with van der Waals surface area (Å²) in [6.07, 6.45) is 0. The number of esters is 1. The largest absolute Gasteiger partial charge is 0.453 e. The maximum atomic E-state index is 12.8. The van der Waals surface area contributed by atoms with Crippen LogP contribution in [0, 0.1) is 13.8 Å². The molecule has 4 aromatic rings. The van der Waals surface area contributed by atoms with Gasteiger partial charge in [0.05, 0.1) is 6.54 Å². The third-order valence-electron chi connectivity index (χ3n) is 5.33. The molecule has 7 nitrogen and oxygen atoms in total. The lowest BCUT2D eigenvalue weighted by atomic mass is 10.1. The summed E-state index contributed by atoms with van der Waals surface area (Å²) in [4.78, 5) is 37.4. The third-order valence-corrected chi connectivity index (χ3v) is 5.33. The van der Waals surface area contributed by atoms with Crippen LogP contribution in [0.2, 0.25) is 0 Å². The highest BCUT2D eigenvalue weighted by atomic mass is 16.5. The summed E-state index contributed by atoms with van der Waals surface area (Å²) in [6, 6.07) is 23.4. The number of hydrogen-bond donors (Lipinski definition) is 0. The van der Waals surface area contributed by atoms with Crippen molar-refractivity contribution in [1.82, 2.24) is 14.3 Å². The molecule has 2 aromatic carbocycles. The van der Waals surface area contributed by atoms with E-state index in [1.54, 1.807) is 6.07 Å². The molecule has 7 heteroatoms. The lowest BCUT2D eigenvalue weighted by Gasteiger charge is -2.10. The quantitative estimate of drug-likeness (QED) is 0.322. The number of rotatable bonds is 7. The second-order valence-electron chi connectivity index (χ2n) is 7.66. The summed E-state index contributed by atoms with van der Waals surface area (Å²) in [5.41, 5.74) is 3.63. The molecule has 2 heterocycles. The first kappa shape index (κ1) is 22.0. The minimum Gasteiger partial charge on any atom is -0.453 e. The highest BCUT2D eigenvalue weighted by Crippen LogP contribution is 2.21. The number of Topliss-reactive ketones (excluding diaryl/α,β-unsaturated/α-hetero) is 1. The van der Waals surface area contributed by atoms with Gasteiger partial charge in [-0.25, -0.2) is 9.48 Å². The molecule has 0 amide bonds. The molecule has 0 fully saturated rings. The van der Waals surface area contributed by atoms with Crippen LogP contribution in [0.5, 0.6) is 0 Å². The Hall–Kier alpha value is -4.26. The maximum Gasteiger partial charge on any atom is 0.359 e. The van der Waals surface area contributed by atoms with Gasteiger partial charge in [-0.15, -0.1) is 0 Å². The molecule has 0 aliphatic rings. The first-order chi connectivity index (χ1) is 15.9. The van der Waals surface area contributed by atoms with Crippen molar-refractivity contribution in [2.45, 2.75) is 20.4 Å². The monoisotopic (exact) mass is 441 g/mol. The SMILES string of the molecule is Cc1cc(C(=O)COC(=O)c2ccc(=O)n(Cc3ccccc3)n2)c(C)n1-c1ccccc1. The first-order valence-electron chi connectivity index (χ1n) is 10.5. The Morgan fingerprint density at radius 3 is 2.27 bits per heavy atom. The predicted octanol–water partition coefficient (Wildman–Crippen LogP) is 3.74. The Kier molecular flexibility index (Phi) is 6.31. The van der Waals surface area contributed by atoms with Gasteiger partial charge in [0.15, 0.2) is 12.3 Å². The van der Waals surface area contributed by atoms with Crippen LogP contribution in [-0.4, -0.2) is 32.7 Å². The molecular weight excluding hydrogens is 418 g/mol. The fourth-order valence-electron chi connectivity index (χ4n) is 3.73. The van der Waals surface area contributed by atoms with E-state index in [2.05, 4.69) is 5.10 Å². The zero-order valence-electron chi connectivity index (χ0n) is 18.4. The van der Waals surface area contributed by atoms with Crippen LogP contribution in [0.4, 0.5) is 0 Å². The van der Waals surface area contributed by atoms with Gasteiger partial charge in [-0.05, 0) is 43.7 Å². The van der Waals surface area contributed by atoms with Gasteiger partial charge in [0.25, 0.3) is 5.56 Å². The number of ether oxygens (including phenoxy) is 1. The molecule has 0 spiro atoms. The van der Waals surface area contributed by atoms with Crippen molar-refractivity contribution in [3.8, 4) is 5.69 Å². The normalized spacial score (nSPS) is 10.7. The number of nitrogens with zero attached hydrogens (tertiary/aromatic N) is 3. The molecule has 4 rings (SSSR count). The van der Waals surface area contributed by atoms with Crippen molar-refractivity contribution < 1.29 is 14.3 Å². The molecule has 0 atom stereocenters.